The van der Waals surface area contributed by atoms with Crippen LogP contribution in [0.2, 0.25) is 0 Å². The Kier molecular flexibility index (Phi) is 4.58. The van der Waals surface area contributed by atoms with Gasteiger partial charge >= 0.3 is 0 Å². The molecule has 0 bridgehead atoms. The fourth-order valence-electron chi connectivity index (χ4n) is 2.59. The second-order valence-electron chi connectivity index (χ2n) is 4.93. The van der Waals surface area contributed by atoms with E-state index in [4.69, 9.17) is 4.74 Å². The number of ether oxygens (including phenoxy) is 1. The van der Waals surface area contributed by atoms with Gasteiger partial charge in [0.25, 0.3) is 0 Å². The van der Waals surface area contributed by atoms with Crippen molar-refractivity contribution in [3.63, 3.8) is 0 Å². The molecule has 0 aromatic heterocycles. The Morgan fingerprint density at radius 3 is 3.00 bits per heavy atom. The van der Waals surface area contributed by atoms with Gasteiger partial charge in [-0.25, -0.2) is 0 Å². The van der Waals surface area contributed by atoms with E-state index in [1.807, 2.05) is 0 Å². The molecule has 2 aliphatic rings. The van der Waals surface area contributed by atoms with Crippen molar-refractivity contribution in [3.8, 4) is 0 Å². The molecule has 94 valence electrons. The SMILES string of the molecule is CCN1CCOC(CN2CCNC[C@@H]2C)C1. The lowest BCUT2D eigenvalue weighted by atomic mass is 10.1. The van der Waals surface area contributed by atoms with Gasteiger partial charge in [-0.1, -0.05) is 6.92 Å². The van der Waals surface area contributed by atoms with Crippen LogP contribution >= 0.6 is 0 Å². The fourth-order valence-corrected chi connectivity index (χ4v) is 2.59. The maximum atomic E-state index is 5.86. The molecule has 4 nitrogen and oxygen atoms in total. The van der Waals surface area contributed by atoms with Gasteiger partial charge in [0, 0.05) is 45.3 Å². The first-order chi connectivity index (χ1) is 7.79. The topological polar surface area (TPSA) is 27.7 Å². The van der Waals surface area contributed by atoms with E-state index in [0.717, 1.165) is 52.4 Å². The number of morpholine rings is 1. The highest BCUT2D eigenvalue weighted by Gasteiger charge is 2.25. The van der Waals surface area contributed by atoms with Gasteiger partial charge in [0.1, 0.15) is 0 Å². The standard InChI is InChI=1S/C12H25N3O/c1-3-14-6-7-16-12(9-14)10-15-5-4-13-8-11(15)2/h11-13H,3-10H2,1-2H3/t11-,12?/m0/s1. The molecule has 2 aliphatic heterocycles. The summed E-state index contributed by atoms with van der Waals surface area (Å²) >= 11 is 0. The third kappa shape index (κ3) is 3.17. The van der Waals surface area contributed by atoms with Crippen LogP contribution in [0.4, 0.5) is 0 Å². The van der Waals surface area contributed by atoms with Gasteiger partial charge in [0.05, 0.1) is 12.7 Å². The second kappa shape index (κ2) is 5.96. The molecular weight excluding hydrogens is 202 g/mol. The summed E-state index contributed by atoms with van der Waals surface area (Å²) in [4.78, 5) is 5.04. The van der Waals surface area contributed by atoms with Crippen molar-refractivity contribution in [2.24, 2.45) is 0 Å². The van der Waals surface area contributed by atoms with Crippen molar-refractivity contribution in [3.05, 3.63) is 0 Å². The van der Waals surface area contributed by atoms with Crippen molar-refractivity contribution in [2.45, 2.75) is 26.0 Å². The maximum Gasteiger partial charge on any atom is 0.0829 e. The Balaban J connectivity index is 1.79. The van der Waals surface area contributed by atoms with Crippen molar-refractivity contribution in [2.75, 3.05) is 52.4 Å². The summed E-state index contributed by atoms with van der Waals surface area (Å²) in [5, 5.41) is 3.43. The van der Waals surface area contributed by atoms with Crippen LogP contribution in [0.1, 0.15) is 13.8 Å². The molecular formula is C12H25N3O. The maximum absolute atomic E-state index is 5.86. The van der Waals surface area contributed by atoms with E-state index in [1.165, 1.54) is 0 Å². The summed E-state index contributed by atoms with van der Waals surface area (Å²) in [7, 11) is 0. The van der Waals surface area contributed by atoms with Gasteiger partial charge < -0.3 is 10.1 Å². The summed E-state index contributed by atoms with van der Waals surface area (Å²) < 4.78 is 5.86. The zero-order valence-corrected chi connectivity index (χ0v) is 10.6. The molecule has 0 aromatic rings. The Labute approximate surface area is 98.9 Å². The van der Waals surface area contributed by atoms with Crippen LogP contribution in [0, 0.1) is 0 Å². The number of piperazine rings is 1. The lowest BCUT2D eigenvalue weighted by Crippen LogP contribution is -2.55. The van der Waals surface area contributed by atoms with Crippen LogP contribution in [0.25, 0.3) is 0 Å². The highest BCUT2D eigenvalue weighted by molar-refractivity contribution is 4.81. The normalized spacial score (nSPS) is 34.1. The number of hydrogen-bond donors (Lipinski definition) is 1. The molecule has 1 unspecified atom stereocenters. The lowest BCUT2D eigenvalue weighted by Gasteiger charge is -2.39. The van der Waals surface area contributed by atoms with Crippen LogP contribution in [0.5, 0.6) is 0 Å². The molecule has 0 aromatic carbocycles. The minimum absolute atomic E-state index is 0.411. The molecule has 1 N–H and O–H groups in total. The largest absolute Gasteiger partial charge is 0.374 e. The predicted molar refractivity (Wildman–Crippen MR) is 65.8 cm³/mol. The number of likely N-dealkylation sites (N-methyl/N-ethyl adjacent to an activating group) is 1. The van der Waals surface area contributed by atoms with Gasteiger partial charge in [0.15, 0.2) is 0 Å². The highest BCUT2D eigenvalue weighted by Crippen LogP contribution is 2.10. The molecule has 2 rings (SSSR count). The fraction of sp³-hybridized carbons (Fsp3) is 1.00. The van der Waals surface area contributed by atoms with Gasteiger partial charge in [-0.15, -0.1) is 0 Å². The van der Waals surface area contributed by atoms with E-state index in [1.54, 1.807) is 0 Å². The van der Waals surface area contributed by atoms with E-state index in [-0.39, 0.29) is 0 Å². The van der Waals surface area contributed by atoms with E-state index >= 15 is 0 Å². The quantitative estimate of drug-likeness (QED) is 0.734. The molecule has 0 saturated carbocycles. The van der Waals surface area contributed by atoms with E-state index < -0.39 is 0 Å². The molecule has 2 heterocycles. The summed E-state index contributed by atoms with van der Waals surface area (Å²) in [6.07, 6.45) is 0.411. The average molecular weight is 227 g/mol. The third-order valence-corrected chi connectivity index (χ3v) is 3.75. The average Bonchev–Trinajstić information content (AvgIpc) is 2.32. The predicted octanol–water partition coefficient (Wildman–Crippen LogP) is 0.000800. The molecule has 16 heavy (non-hydrogen) atoms. The first-order valence-corrected chi connectivity index (χ1v) is 6.58. The summed E-state index contributed by atoms with van der Waals surface area (Å²) in [6.45, 7) is 13.3. The Morgan fingerprint density at radius 2 is 2.25 bits per heavy atom. The monoisotopic (exact) mass is 227 g/mol. The van der Waals surface area contributed by atoms with Crippen LogP contribution in [-0.4, -0.2) is 74.4 Å². The number of hydrogen-bond acceptors (Lipinski definition) is 4. The van der Waals surface area contributed by atoms with Crippen LogP contribution in [-0.2, 0) is 4.74 Å². The Bertz CT molecular complexity index is 212. The zero-order valence-electron chi connectivity index (χ0n) is 10.6. The Morgan fingerprint density at radius 1 is 1.38 bits per heavy atom. The van der Waals surface area contributed by atoms with E-state index in [9.17, 15) is 0 Å². The number of nitrogens with one attached hydrogen (secondary N) is 1. The Hall–Kier alpha value is -0.160. The molecule has 0 radical (unpaired) electrons. The van der Waals surface area contributed by atoms with Gasteiger partial charge in [-0.3, -0.25) is 9.80 Å². The summed E-state index contributed by atoms with van der Waals surface area (Å²) in [6, 6.07) is 0.648. The molecule has 4 heteroatoms. The van der Waals surface area contributed by atoms with Crippen LogP contribution in [0.3, 0.4) is 0 Å². The minimum atomic E-state index is 0.411. The van der Waals surface area contributed by atoms with Gasteiger partial charge in [0.2, 0.25) is 0 Å². The second-order valence-corrected chi connectivity index (χ2v) is 4.93. The van der Waals surface area contributed by atoms with Crippen molar-refractivity contribution >= 4 is 0 Å². The van der Waals surface area contributed by atoms with Crippen molar-refractivity contribution < 1.29 is 4.74 Å². The zero-order chi connectivity index (χ0) is 11.4. The lowest BCUT2D eigenvalue weighted by molar-refractivity contribution is -0.0482. The summed E-state index contributed by atoms with van der Waals surface area (Å²) in [5.41, 5.74) is 0. The third-order valence-electron chi connectivity index (χ3n) is 3.75. The number of nitrogens with zero attached hydrogens (tertiary/aromatic N) is 2. The van der Waals surface area contributed by atoms with Crippen LogP contribution in [0.15, 0.2) is 0 Å². The van der Waals surface area contributed by atoms with Crippen molar-refractivity contribution in [1.82, 2.24) is 15.1 Å². The molecule has 0 aliphatic carbocycles. The highest BCUT2D eigenvalue weighted by atomic mass is 16.5. The molecule has 2 saturated heterocycles. The first kappa shape index (κ1) is 12.3. The first-order valence-electron chi connectivity index (χ1n) is 6.58. The molecule has 0 amide bonds. The smallest absolute Gasteiger partial charge is 0.0829 e. The summed E-state index contributed by atoms with van der Waals surface area (Å²) in [5.74, 6) is 0. The molecule has 2 fully saturated rings. The van der Waals surface area contributed by atoms with E-state index in [2.05, 4.69) is 29.0 Å². The van der Waals surface area contributed by atoms with Crippen molar-refractivity contribution in [1.29, 1.82) is 0 Å². The van der Waals surface area contributed by atoms with Gasteiger partial charge in [-0.2, -0.15) is 0 Å². The van der Waals surface area contributed by atoms with Crippen LogP contribution < -0.4 is 5.32 Å². The van der Waals surface area contributed by atoms with E-state index in [0.29, 0.717) is 12.1 Å². The molecule has 2 atom stereocenters. The number of rotatable bonds is 3. The van der Waals surface area contributed by atoms with Gasteiger partial charge in [-0.05, 0) is 13.5 Å². The minimum Gasteiger partial charge on any atom is -0.374 e. The molecule has 0 spiro atoms.